The molecule has 0 amide bonds. The second-order valence-corrected chi connectivity index (χ2v) is 7.24. The Morgan fingerprint density at radius 1 is 0.964 bits per heavy atom. The van der Waals surface area contributed by atoms with Gasteiger partial charge in [0.15, 0.2) is 5.11 Å². The Bertz CT molecular complexity index is 772. The van der Waals surface area contributed by atoms with E-state index in [2.05, 4.69) is 55.7 Å². The fourth-order valence-corrected chi connectivity index (χ4v) is 3.20. The summed E-state index contributed by atoms with van der Waals surface area (Å²) in [5, 5.41) is 7.12. The molecule has 28 heavy (non-hydrogen) atoms. The molecule has 0 saturated heterocycles. The number of esters is 1. The number of benzene rings is 2. The molecule has 2 unspecified atom stereocenters. The van der Waals surface area contributed by atoms with Gasteiger partial charge in [0.2, 0.25) is 0 Å². The van der Waals surface area contributed by atoms with E-state index in [9.17, 15) is 4.79 Å². The number of carbonyl (C=O) groups is 1. The van der Waals surface area contributed by atoms with E-state index in [-0.39, 0.29) is 12.0 Å². The van der Waals surface area contributed by atoms with Crippen LogP contribution < -0.4 is 10.6 Å². The largest absolute Gasteiger partial charge is 0.462 e. The molecule has 0 spiro atoms. The highest BCUT2D eigenvalue weighted by molar-refractivity contribution is 7.80. The van der Waals surface area contributed by atoms with Gasteiger partial charge in [-0.2, -0.15) is 0 Å². The van der Waals surface area contributed by atoms with E-state index in [0.29, 0.717) is 23.2 Å². The standard InChI is InChI=1S/C23H30N2O2S/c1-5-16(4)17-8-10-18(11-9-17)21(6-2)25-23(28)24-20-14-12-19(13-15-20)22(26)27-7-3/h8-16,21H,5-7H2,1-4H3,(H2,24,25,28). The van der Waals surface area contributed by atoms with Crippen LogP contribution in [0.2, 0.25) is 0 Å². The van der Waals surface area contributed by atoms with Crippen molar-refractivity contribution in [2.24, 2.45) is 0 Å². The van der Waals surface area contributed by atoms with Gasteiger partial charge < -0.3 is 15.4 Å². The Morgan fingerprint density at radius 3 is 2.11 bits per heavy atom. The zero-order chi connectivity index (χ0) is 20.5. The summed E-state index contributed by atoms with van der Waals surface area (Å²) in [5.74, 6) is 0.254. The SMILES string of the molecule is CCOC(=O)c1ccc(NC(=S)NC(CC)c2ccc(C(C)CC)cc2)cc1. The first-order valence-electron chi connectivity index (χ1n) is 9.92. The lowest BCUT2D eigenvalue weighted by Gasteiger charge is -2.21. The molecule has 2 rings (SSSR count). The molecule has 2 N–H and O–H groups in total. The van der Waals surface area contributed by atoms with Gasteiger partial charge >= 0.3 is 5.97 Å². The van der Waals surface area contributed by atoms with Gasteiger partial charge in [0, 0.05) is 5.69 Å². The van der Waals surface area contributed by atoms with E-state index in [0.717, 1.165) is 18.5 Å². The summed E-state index contributed by atoms with van der Waals surface area (Å²) in [4.78, 5) is 11.7. The summed E-state index contributed by atoms with van der Waals surface area (Å²) in [6.07, 6.45) is 2.06. The molecule has 0 aliphatic heterocycles. The molecule has 0 heterocycles. The van der Waals surface area contributed by atoms with Gasteiger partial charge in [0.05, 0.1) is 18.2 Å². The van der Waals surface area contributed by atoms with Crippen molar-refractivity contribution in [3.63, 3.8) is 0 Å². The van der Waals surface area contributed by atoms with Crippen LogP contribution in [0, 0.1) is 0 Å². The van der Waals surface area contributed by atoms with Gasteiger partial charge in [-0.15, -0.1) is 0 Å². The first-order chi connectivity index (χ1) is 13.5. The minimum atomic E-state index is -0.318. The van der Waals surface area contributed by atoms with Crippen LogP contribution in [0.5, 0.6) is 0 Å². The Balaban J connectivity index is 1.97. The highest BCUT2D eigenvalue weighted by atomic mass is 32.1. The maximum atomic E-state index is 11.7. The van der Waals surface area contributed by atoms with E-state index in [1.54, 1.807) is 19.1 Å². The van der Waals surface area contributed by atoms with Crippen molar-refractivity contribution in [3.05, 3.63) is 65.2 Å². The lowest BCUT2D eigenvalue weighted by molar-refractivity contribution is 0.0526. The normalized spacial score (nSPS) is 12.7. The number of hydrogen-bond acceptors (Lipinski definition) is 3. The molecular formula is C23H30N2O2S. The number of rotatable bonds is 8. The van der Waals surface area contributed by atoms with Gasteiger partial charge in [-0.25, -0.2) is 4.79 Å². The van der Waals surface area contributed by atoms with E-state index >= 15 is 0 Å². The van der Waals surface area contributed by atoms with Crippen molar-refractivity contribution < 1.29 is 9.53 Å². The van der Waals surface area contributed by atoms with Crippen LogP contribution in [0.15, 0.2) is 48.5 Å². The molecule has 4 nitrogen and oxygen atoms in total. The Hall–Kier alpha value is -2.40. The van der Waals surface area contributed by atoms with Gasteiger partial charge in [-0.1, -0.05) is 45.0 Å². The van der Waals surface area contributed by atoms with Crippen molar-refractivity contribution in [2.75, 3.05) is 11.9 Å². The summed E-state index contributed by atoms with van der Waals surface area (Å²) in [6, 6.07) is 16.0. The molecule has 0 aliphatic rings. The third-order valence-electron chi connectivity index (χ3n) is 4.89. The molecule has 0 radical (unpaired) electrons. The third kappa shape index (κ3) is 6.06. The van der Waals surface area contributed by atoms with Crippen molar-refractivity contribution in [2.45, 2.75) is 52.5 Å². The van der Waals surface area contributed by atoms with Crippen LogP contribution in [0.3, 0.4) is 0 Å². The molecule has 2 atom stereocenters. The summed E-state index contributed by atoms with van der Waals surface area (Å²) in [6.45, 7) is 8.75. The quantitative estimate of drug-likeness (QED) is 0.434. The minimum Gasteiger partial charge on any atom is -0.462 e. The van der Waals surface area contributed by atoms with Crippen LogP contribution in [0.4, 0.5) is 5.69 Å². The molecule has 0 aliphatic carbocycles. The minimum absolute atomic E-state index is 0.143. The molecular weight excluding hydrogens is 368 g/mol. The van der Waals surface area contributed by atoms with Crippen molar-refractivity contribution in [3.8, 4) is 0 Å². The summed E-state index contributed by atoms with van der Waals surface area (Å²) < 4.78 is 5.00. The van der Waals surface area contributed by atoms with Crippen molar-refractivity contribution >= 4 is 29.0 Å². The van der Waals surface area contributed by atoms with Crippen molar-refractivity contribution in [1.29, 1.82) is 0 Å². The van der Waals surface area contributed by atoms with Crippen molar-refractivity contribution in [1.82, 2.24) is 5.32 Å². The smallest absolute Gasteiger partial charge is 0.338 e. The molecule has 2 aromatic carbocycles. The van der Waals surface area contributed by atoms with Crippen LogP contribution >= 0.6 is 12.2 Å². The number of hydrogen-bond donors (Lipinski definition) is 2. The average molecular weight is 399 g/mol. The van der Waals surface area contributed by atoms with Gasteiger partial charge in [0.25, 0.3) is 0 Å². The zero-order valence-corrected chi connectivity index (χ0v) is 17.9. The molecule has 2 aromatic rings. The lowest BCUT2D eigenvalue weighted by atomic mass is 9.95. The lowest BCUT2D eigenvalue weighted by Crippen LogP contribution is -2.32. The molecule has 0 bridgehead atoms. The average Bonchev–Trinajstić information content (AvgIpc) is 2.72. The third-order valence-corrected chi connectivity index (χ3v) is 5.11. The highest BCUT2D eigenvalue weighted by Crippen LogP contribution is 2.23. The zero-order valence-electron chi connectivity index (χ0n) is 17.1. The van der Waals surface area contributed by atoms with Crippen LogP contribution in [-0.4, -0.2) is 17.7 Å². The summed E-state index contributed by atoms with van der Waals surface area (Å²) in [7, 11) is 0. The summed E-state index contributed by atoms with van der Waals surface area (Å²) >= 11 is 5.48. The van der Waals surface area contributed by atoms with Gasteiger partial charge in [-0.05, 0) is 73.3 Å². The fraction of sp³-hybridized carbons (Fsp3) is 0.391. The number of thiocarbonyl (C=S) groups is 1. The molecule has 0 saturated carbocycles. The Morgan fingerprint density at radius 2 is 1.57 bits per heavy atom. The van der Waals surface area contributed by atoms with Crippen LogP contribution in [0.25, 0.3) is 0 Å². The van der Waals surface area contributed by atoms with E-state index in [1.807, 2.05) is 12.1 Å². The topological polar surface area (TPSA) is 50.4 Å². The Kier molecular flexibility index (Phi) is 8.45. The van der Waals surface area contributed by atoms with Gasteiger partial charge in [0.1, 0.15) is 0 Å². The first kappa shape index (κ1) is 21.9. The second kappa shape index (κ2) is 10.8. The van der Waals surface area contributed by atoms with E-state index in [1.165, 1.54) is 11.1 Å². The molecule has 0 aromatic heterocycles. The summed E-state index contributed by atoms with van der Waals surface area (Å²) in [5.41, 5.74) is 3.94. The molecule has 5 heteroatoms. The number of anilines is 1. The number of nitrogens with one attached hydrogen (secondary N) is 2. The fourth-order valence-electron chi connectivity index (χ4n) is 2.94. The molecule has 0 fully saturated rings. The monoisotopic (exact) mass is 398 g/mol. The van der Waals surface area contributed by atoms with Gasteiger partial charge in [-0.3, -0.25) is 0 Å². The first-order valence-corrected chi connectivity index (χ1v) is 10.3. The maximum Gasteiger partial charge on any atom is 0.338 e. The van der Waals surface area contributed by atoms with Crippen LogP contribution in [0.1, 0.15) is 74.0 Å². The Labute approximate surface area is 173 Å². The van der Waals surface area contributed by atoms with E-state index < -0.39 is 0 Å². The van der Waals surface area contributed by atoms with Crippen LogP contribution in [-0.2, 0) is 4.74 Å². The number of carbonyl (C=O) groups excluding carboxylic acids is 1. The van der Waals surface area contributed by atoms with E-state index in [4.69, 9.17) is 17.0 Å². The highest BCUT2D eigenvalue weighted by Gasteiger charge is 2.12. The molecule has 150 valence electrons. The predicted molar refractivity (Wildman–Crippen MR) is 120 cm³/mol. The number of ether oxygens (including phenoxy) is 1. The predicted octanol–water partition coefficient (Wildman–Crippen LogP) is 5.81. The second-order valence-electron chi connectivity index (χ2n) is 6.83. The maximum absolute atomic E-state index is 11.7.